The molecule has 24 heavy (non-hydrogen) atoms. The highest BCUT2D eigenvalue weighted by molar-refractivity contribution is 5.88. The van der Waals surface area contributed by atoms with Crippen molar-refractivity contribution < 1.29 is 14.3 Å². The molecule has 0 aliphatic carbocycles. The summed E-state index contributed by atoms with van der Waals surface area (Å²) >= 11 is 0. The van der Waals surface area contributed by atoms with Crippen molar-refractivity contribution in [3.8, 4) is 11.5 Å². The fourth-order valence-electron chi connectivity index (χ4n) is 2.64. The van der Waals surface area contributed by atoms with E-state index >= 15 is 0 Å². The Kier molecular flexibility index (Phi) is 5.50. The van der Waals surface area contributed by atoms with Crippen molar-refractivity contribution in [1.29, 1.82) is 0 Å². The number of methoxy groups -OCH3 is 2. The smallest absolute Gasteiger partial charge is 0.230 e. The third kappa shape index (κ3) is 3.70. The normalized spacial score (nSPS) is 12.4. The lowest BCUT2D eigenvalue weighted by Gasteiger charge is -2.28. The number of amides is 1. The monoisotopic (exact) mass is 327 g/mol. The van der Waals surface area contributed by atoms with Gasteiger partial charge in [0.2, 0.25) is 5.91 Å². The van der Waals surface area contributed by atoms with E-state index in [4.69, 9.17) is 9.47 Å². The van der Waals surface area contributed by atoms with Gasteiger partial charge in [0.25, 0.3) is 0 Å². The zero-order valence-electron chi connectivity index (χ0n) is 14.9. The number of ether oxygens (including phenoxy) is 2. The molecule has 2 aromatic rings. The number of hydrogen-bond acceptors (Lipinski definition) is 3. The first-order chi connectivity index (χ1) is 11.4. The highest BCUT2D eigenvalue weighted by atomic mass is 16.5. The summed E-state index contributed by atoms with van der Waals surface area (Å²) in [6, 6.07) is 15.2. The van der Waals surface area contributed by atoms with Gasteiger partial charge in [-0.05, 0) is 44.5 Å². The molecule has 0 aliphatic heterocycles. The number of rotatable bonds is 6. The summed E-state index contributed by atoms with van der Waals surface area (Å²) in [5.41, 5.74) is 1.19. The van der Waals surface area contributed by atoms with Gasteiger partial charge in [0, 0.05) is 5.56 Å². The molecule has 1 N–H and O–H groups in total. The first-order valence-electron chi connectivity index (χ1n) is 7.98. The third-order valence-corrected chi connectivity index (χ3v) is 4.31. The van der Waals surface area contributed by atoms with Crippen LogP contribution in [0.5, 0.6) is 11.5 Å². The van der Waals surface area contributed by atoms with Crippen molar-refractivity contribution in [2.75, 3.05) is 14.2 Å². The minimum absolute atomic E-state index is 0.0460. The zero-order chi connectivity index (χ0) is 17.7. The Balaban J connectivity index is 2.17. The Hall–Kier alpha value is -2.49. The fourth-order valence-corrected chi connectivity index (χ4v) is 2.64. The summed E-state index contributed by atoms with van der Waals surface area (Å²) in [5.74, 6) is 1.47. The predicted octanol–water partition coefficient (Wildman–Crippen LogP) is 3.86. The van der Waals surface area contributed by atoms with Gasteiger partial charge in [0.1, 0.15) is 11.5 Å². The molecule has 0 spiro atoms. The number of carbonyl (C=O) groups is 1. The maximum absolute atomic E-state index is 12.8. The molecule has 1 amide bonds. The Labute approximate surface area is 143 Å². The largest absolute Gasteiger partial charge is 0.497 e. The van der Waals surface area contributed by atoms with Gasteiger partial charge in [-0.15, -0.1) is 0 Å². The van der Waals surface area contributed by atoms with E-state index in [1.807, 2.05) is 69.3 Å². The van der Waals surface area contributed by atoms with Crippen molar-refractivity contribution in [3.63, 3.8) is 0 Å². The van der Waals surface area contributed by atoms with E-state index in [1.54, 1.807) is 14.2 Å². The third-order valence-electron chi connectivity index (χ3n) is 4.31. The van der Waals surface area contributed by atoms with E-state index in [2.05, 4.69) is 5.32 Å². The summed E-state index contributed by atoms with van der Waals surface area (Å²) in [6.07, 6.45) is 0. The molecule has 4 heteroatoms. The highest BCUT2D eigenvalue weighted by Gasteiger charge is 2.33. The zero-order valence-corrected chi connectivity index (χ0v) is 14.9. The predicted molar refractivity (Wildman–Crippen MR) is 95.6 cm³/mol. The lowest BCUT2D eigenvalue weighted by atomic mass is 9.82. The number of benzene rings is 2. The standard InChI is InChI=1S/C20H25NO3/c1-14(15-10-12-16(23-4)13-11-15)21-19(22)20(2,3)17-8-6-7-9-18(17)24-5/h6-14H,1-5H3,(H,21,22). The van der Waals surface area contributed by atoms with Crippen LogP contribution in [0.25, 0.3) is 0 Å². The van der Waals surface area contributed by atoms with Crippen molar-refractivity contribution in [2.24, 2.45) is 0 Å². The second-order valence-corrected chi connectivity index (χ2v) is 6.29. The summed E-state index contributed by atoms with van der Waals surface area (Å²) in [4.78, 5) is 12.8. The minimum Gasteiger partial charge on any atom is -0.497 e. The first-order valence-corrected chi connectivity index (χ1v) is 7.98. The van der Waals surface area contributed by atoms with Crippen LogP contribution in [0.3, 0.4) is 0 Å². The number of nitrogens with one attached hydrogen (secondary N) is 1. The highest BCUT2D eigenvalue weighted by Crippen LogP contribution is 2.32. The van der Waals surface area contributed by atoms with Gasteiger partial charge >= 0.3 is 0 Å². The lowest BCUT2D eigenvalue weighted by Crippen LogP contribution is -2.41. The molecule has 0 bridgehead atoms. The Morgan fingerprint density at radius 1 is 1.00 bits per heavy atom. The van der Waals surface area contributed by atoms with Crippen LogP contribution >= 0.6 is 0 Å². The van der Waals surface area contributed by atoms with Crippen LogP contribution in [-0.4, -0.2) is 20.1 Å². The number of carbonyl (C=O) groups excluding carboxylic acids is 1. The van der Waals surface area contributed by atoms with Gasteiger partial charge in [-0.2, -0.15) is 0 Å². The summed E-state index contributed by atoms with van der Waals surface area (Å²) in [6.45, 7) is 5.78. The summed E-state index contributed by atoms with van der Waals surface area (Å²) in [5, 5.41) is 3.09. The molecule has 0 heterocycles. The molecule has 1 atom stereocenters. The molecule has 128 valence electrons. The lowest BCUT2D eigenvalue weighted by molar-refractivity contribution is -0.126. The first kappa shape index (κ1) is 17.9. The topological polar surface area (TPSA) is 47.6 Å². The summed E-state index contributed by atoms with van der Waals surface area (Å²) in [7, 11) is 3.25. The molecule has 0 aliphatic rings. The molecule has 0 aromatic heterocycles. The van der Waals surface area contributed by atoms with Crippen LogP contribution in [-0.2, 0) is 10.2 Å². The second kappa shape index (κ2) is 7.39. The van der Waals surface area contributed by atoms with E-state index in [9.17, 15) is 4.79 Å². The van der Waals surface area contributed by atoms with Crippen LogP contribution in [0.15, 0.2) is 48.5 Å². The Morgan fingerprint density at radius 2 is 1.62 bits per heavy atom. The van der Waals surface area contributed by atoms with Crippen molar-refractivity contribution in [2.45, 2.75) is 32.2 Å². The minimum atomic E-state index is -0.701. The van der Waals surface area contributed by atoms with Gasteiger partial charge in [-0.25, -0.2) is 0 Å². The maximum atomic E-state index is 12.8. The van der Waals surface area contributed by atoms with Gasteiger partial charge < -0.3 is 14.8 Å². The van der Waals surface area contributed by atoms with Crippen LogP contribution < -0.4 is 14.8 Å². The molecule has 2 rings (SSSR count). The molecule has 4 nitrogen and oxygen atoms in total. The molecule has 1 unspecified atom stereocenters. The molecule has 0 radical (unpaired) electrons. The van der Waals surface area contributed by atoms with Crippen molar-refractivity contribution in [3.05, 3.63) is 59.7 Å². The number of para-hydroxylation sites is 1. The van der Waals surface area contributed by atoms with E-state index in [1.165, 1.54) is 0 Å². The number of hydrogen-bond donors (Lipinski definition) is 1. The van der Waals surface area contributed by atoms with E-state index < -0.39 is 5.41 Å². The summed E-state index contributed by atoms with van der Waals surface area (Å²) < 4.78 is 10.6. The van der Waals surface area contributed by atoms with Crippen LogP contribution in [0, 0.1) is 0 Å². The Morgan fingerprint density at radius 3 is 2.21 bits per heavy atom. The van der Waals surface area contributed by atoms with Gasteiger partial charge in [0.15, 0.2) is 0 Å². The fraction of sp³-hybridized carbons (Fsp3) is 0.350. The molecule has 2 aromatic carbocycles. The Bertz CT molecular complexity index is 692. The van der Waals surface area contributed by atoms with Crippen molar-refractivity contribution in [1.82, 2.24) is 5.32 Å². The van der Waals surface area contributed by atoms with E-state index in [0.29, 0.717) is 0 Å². The average molecular weight is 327 g/mol. The molecular weight excluding hydrogens is 302 g/mol. The van der Waals surface area contributed by atoms with Crippen LogP contribution in [0.1, 0.15) is 37.9 Å². The van der Waals surface area contributed by atoms with Crippen LogP contribution in [0.2, 0.25) is 0 Å². The average Bonchev–Trinajstić information content (AvgIpc) is 2.61. The van der Waals surface area contributed by atoms with Gasteiger partial charge in [-0.3, -0.25) is 4.79 Å². The van der Waals surface area contributed by atoms with Gasteiger partial charge in [-0.1, -0.05) is 30.3 Å². The molecule has 0 saturated carbocycles. The van der Waals surface area contributed by atoms with Crippen LogP contribution in [0.4, 0.5) is 0 Å². The van der Waals surface area contributed by atoms with E-state index in [0.717, 1.165) is 22.6 Å². The molecular formula is C20H25NO3. The maximum Gasteiger partial charge on any atom is 0.230 e. The SMILES string of the molecule is COc1ccc(C(C)NC(=O)C(C)(C)c2ccccc2OC)cc1. The van der Waals surface area contributed by atoms with E-state index in [-0.39, 0.29) is 11.9 Å². The second-order valence-electron chi connectivity index (χ2n) is 6.29. The molecule has 0 fully saturated rings. The molecule has 0 saturated heterocycles. The van der Waals surface area contributed by atoms with Crippen molar-refractivity contribution >= 4 is 5.91 Å². The van der Waals surface area contributed by atoms with Gasteiger partial charge in [0.05, 0.1) is 25.7 Å². The quantitative estimate of drug-likeness (QED) is 0.876.